The molecule has 5 saturated carbocycles. The minimum absolute atomic E-state index is 0.00961. The Morgan fingerprint density at radius 3 is 0.943 bits per heavy atom. The molecule has 738 valence electrons. The molecule has 0 amide bonds. The summed E-state index contributed by atoms with van der Waals surface area (Å²) in [7, 11) is 8.65. The number of carbonyl (C=O) groups excluding carboxylic acids is 6. The van der Waals surface area contributed by atoms with Gasteiger partial charge in [-0.25, -0.2) is 28.4 Å². The van der Waals surface area contributed by atoms with Crippen LogP contribution < -0.4 is 28.4 Å². The van der Waals surface area contributed by atoms with Crippen LogP contribution in [0.4, 0.5) is 0 Å². The van der Waals surface area contributed by atoms with Crippen molar-refractivity contribution in [3.05, 3.63) is 303 Å². The highest BCUT2D eigenvalue weighted by atomic mass is 16.6. The SMILES string of the molecule is CC(=O)c1ccc(C2CCC(O)CC2)cc1.CCOC(=O)c1nnn(Cc2ccc(OC)cc2)c1OC1CCC(c2ccc(-c3ccn[nH]3)cc2)CC1.CCOC(=O)c1nnn(Cc2ccc(OC)cc2)c1OC1CCC(c2ccc(C(=O)/C=C/N(C)C)cc2)CC1.CCOC(=O)c1nnn(Cc2ccc(OC)cc2)c1OC1CCC(c2ccc(C(C)=O)cc2)CC1.OC1CCC(c2ccccc2)CC1. The van der Waals surface area contributed by atoms with Crippen molar-refractivity contribution in [2.75, 3.05) is 55.2 Å². The van der Waals surface area contributed by atoms with Gasteiger partial charge in [0.15, 0.2) is 17.3 Å². The maximum absolute atomic E-state index is 12.6. The molecule has 29 heteroatoms. The number of aromatic amines is 1. The standard InChI is InChI=1S/C30H36N4O5.C28H31N5O4.C27H31N3O5.C14H18O2.C12H16O/c1-5-38-30(36)28-29(34(32-31-28)20-21-6-14-25(37-4)15-7-21)39-26-16-12-23(13-17-26)22-8-10-24(11-9-22)27(35)18-19-33(2)3;1-3-36-28(34)26-27(33(32-31-26)18-19-4-12-23(35-2)13-5-19)37-24-14-10-21(11-15-24)20-6-8-22(9-7-20)25-16-17-29-30-25;1-4-34-27(32)25-26(30(29-28-25)17-19-5-13-23(33-3)14-6-19)35-24-15-11-22(12-16-24)21-9-7-20(8-10-21)18(2)31;1-10(15)11-2-4-12(5-3-11)13-6-8-14(16)9-7-13;13-12-8-6-11(7-9-12)10-4-2-1-3-5-10/h6-11,14-15,18-19,23,26H,5,12-13,16-17,20H2,1-4H3;4-9,12-13,16-17,21,24H,3,10-11,14-15,18H2,1-2H3,(H,29,30);5-10,13-14,22,24H,4,11-12,15-17H2,1-3H3;2-5,13-14,16H,6-9H2,1H3;1-5,11-13H,6-9H2/b19-18+;;;;. The van der Waals surface area contributed by atoms with Gasteiger partial charge in [0.2, 0.25) is 34.7 Å². The van der Waals surface area contributed by atoms with Crippen LogP contribution in [0, 0.1) is 0 Å². The van der Waals surface area contributed by atoms with Crippen LogP contribution in [0.1, 0.15) is 300 Å². The second-order valence-corrected chi connectivity index (χ2v) is 36.3. The number of Topliss-reactive ketones (excluding diaryl/α,β-unsaturated/α-hetero) is 2. The molecular formula is C111H132N12O17. The Hall–Kier alpha value is -13.9. The monoisotopic (exact) mass is 1900 g/mol. The number of methoxy groups -OCH3 is 3. The molecule has 5 fully saturated rings. The van der Waals surface area contributed by atoms with Crippen molar-refractivity contribution < 1.29 is 81.6 Å². The summed E-state index contributed by atoms with van der Waals surface area (Å²) in [5.74, 6) is 4.45. The quantitative estimate of drug-likeness (QED) is 0.0153. The minimum Gasteiger partial charge on any atom is -0.497 e. The highest BCUT2D eigenvalue weighted by Crippen LogP contribution is 2.41. The highest BCUT2D eigenvalue weighted by Gasteiger charge is 2.35. The number of H-pyrrole nitrogens is 1. The molecule has 0 atom stereocenters. The van der Waals surface area contributed by atoms with Gasteiger partial charge in [0.25, 0.3) is 0 Å². The molecule has 140 heavy (non-hydrogen) atoms. The third-order valence-corrected chi connectivity index (χ3v) is 26.4. The number of benzene rings is 8. The Kier molecular flexibility index (Phi) is 38.6. The second kappa shape index (κ2) is 52.2. The summed E-state index contributed by atoms with van der Waals surface area (Å²) in [4.78, 5) is 74.5. The number of ketones is 3. The first-order valence-electron chi connectivity index (χ1n) is 48.9. The van der Waals surface area contributed by atoms with Crippen molar-refractivity contribution in [3.8, 4) is 46.1 Å². The van der Waals surface area contributed by atoms with Gasteiger partial charge >= 0.3 is 17.9 Å². The average Bonchev–Trinajstić information content (AvgIpc) is 1.64. The Bertz CT molecular complexity index is 5890. The molecule has 29 nitrogen and oxygen atoms in total. The number of esters is 3. The van der Waals surface area contributed by atoms with Crippen molar-refractivity contribution in [2.45, 2.75) is 243 Å². The Morgan fingerprint density at radius 1 is 0.371 bits per heavy atom. The molecule has 0 aliphatic heterocycles. The topological polar surface area (TPSA) is 350 Å². The zero-order chi connectivity index (χ0) is 98.8. The van der Waals surface area contributed by atoms with E-state index in [1.807, 2.05) is 134 Å². The molecule has 8 aromatic carbocycles. The molecular weight excluding hydrogens is 1770 g/mol. The van der Waals surface area contributed by atoms with E-state index in [1.165, 1.54) is 27.8 Å². The molecule has 4 heterocycles. The lowest BCUT2D eigenvalue weighted by atomic mass is 9.82. The van der Waals surface area contributed by atoms with Crippen LogP contribution in [0.25, 0.3) is 11.3 Å². The Labute approximate surface area is 819 Å². The van der Waals surface area contributed by atoms with Gasteiger partial charge in [0.1, 0.15) is 35.6 Å². The number of nitrogens with one attached hydrogen (secondary N) is 1. The van der Waals surface area contributed by atoms with E-state index in [0.717, 1.165) is 185 Å². The second-order valence-electron chi connectivity index (χ2n) is 36.3. The van der Waals surface area contributed by atoms with Crippen molar-refractivity contribution >= 4 is 35.3 Å². The number of carbonyl (C=O) groups is 6. The molecule has 17 rings (SSSR count). The number of rotatable bonds is 32. The van der Waals surface area contributed by atoms with Crippen molar-refractivity contribution in [1.82, 2.24) is 60.1 Å². The van der Waals surface area contributed by atoms with E-state index in [4.69, 9.17) is 42.6 Å². The third-order valence-electron chi connectivity index (χ3n) is 26.4. The number of ether oxygens (including phenoxy) is 9. The van der Waals surface area contributed by atoms with Gasteiger partial charge in [-0.2, -0.15) is 5.10 Å². The molecule has 0 unspecified atom stereocenters. The summed E-state index contributed by atoms with van der Waals surface area (Å²) >= 11 is 0. The fraction of sp³-hybridized carbons (Fsp3) is 0.414. The first-order chi connectivity index (χ1) is 68.0. The number of hydrogen-bond donors (Lipinski definition) is 3. The summed E-state index contributed by atoms with van der Waals surface area (Å²) in [6.45, 7) is 10.4. The van der Waals surface area contributed by atoms with Crippen molar-refractivity contribution in [1.29, 1.82) is 0 Å². The van der Waals surface area contributed by atoms with Crippen molar-refractivity contribution in [2.24, 2.45) is 0 Å². The average molecular weight is 1910 g/mol. The predicted octanol–water partition coefficient (Wildman–Crippen LogP) is 20.3. The number of nitrogens with zero attached hydrogens (tertiary/aromatic N) is 11. The minimum atomic E-state index is -0.544. The van der Waals surface area contributed by atoms with E-state index in [0.29, 0.717) is 72.4 Å². The maximum Gasteiger partial charge on any atom is 0.364 e. The Balaban J connectivity index is 0.000000155. The van der Waals surface area contributed by atoms with Gasteiger partial charge in [-0.05, 0) is 285 Å². The number of aliphatic hydroxyl groups excluding tert-OH is 2. The predicted molar refractivity (Wildman–Crippen MR) is 532 cm³/mol. The van der Waals surface area contributed by atoms with Crippen LogP contribution in [0.3, 0.4) is 0 Å². The van der Waals surface area contributed by atoms with Gasteiger partial charge in [0.05, 0.1) is 78.7 Å². The summed E-state index contributed by atoms with van der Waals surface area (Å²) in [6.07, 6.45) is 23.8. The molecule has 0 radical (unpaired) electrons. The zero-order valence-electron chi connectivity index (χ0n) is 82.0. The van der Waals surface area contributed by atoms with Gasteiger partial charge in [-0.1, -0.05) is 179 Å². The molecule has 4 aromatic heterocycles. The summed E-state index contributed by atoms with van der Waals surface area (Å²) < 4.78 is 55.3. The first-order valence-corrected chi connectivity index (χ1v) is 48.9. The molecule has 0 spiro atoms. The van der Waals surface area contributed by atoms with Crippen LogP contribution in [0.15, 0.2) is 225 Å². The molecule has 0 saturated heterocycles. The highest BCUT2D eigenvalue weighted by molar-refractivity contribution is 6.04. The first kappa shape index (κ1) is 103. The van der Waals surface area contributed by atoms with E-state index in [1.54, 1.807) is 88.5 Å². The third kappa shape index (κ3) is 29.6. The van der Waals surface area contributed by atoms with Crippen LogP contribution in [0.5, 0.6) is 34.9 Å². The van der Waals surface area contributed by atoms with Gasteiger partial charge < -0.3 is 57.7 Å². The van der Waals surface area contributed by atoms with E-state index in [2.05, 4.69) is 132 Å². The van der Waals surface area contributed by atoms with Gasteiger partial charge in [0, 0.05) is 49.3 Å². The maximum atomic E-state index is 12.6. The number of aromatic nitrogens is 11. The molecule has 5 aliphatic carbocycles. The molecule has 0 bridgehead atoms. The normalized spacial score (nSPS) is 19.3. The van der Waals surface area contributed by atoms with E-state index < -0.39 is 17.9 Å². The van der Waals surface area contributed by atoms with Gasteiger partial charge in [-0.15, -0.1) is 15.3 Å². The number of hydrogen-bond acceptors (Lipinski definition) is 25. The lowest BCUT2D eigenvalue weighted by Gasteiger charge is -2.29. The number of aliphatic hydroxyl groups is 2. The van der Waals surface area contributed by atoms with Crippen LogP contribution >= 0.6 is 0 Å². The molecule has 3 N–H and O–H groups in total. The summed E-state index contributed by atoms with van der Waals surface area (Å²) in [6, 6.07) is 68.0. The fourth-order valence-corrected chi connectivity index (χ4v) is 18.4. The fourth-order valence-electron chi connectivity index (χ4n) is 18.4. The lowest BCUT2D eigenvalue weighted by molar-refractivity contribution is 0.0496. The van der Waals surface area contributed by atoms with Crippen LogP contribution in [-0.4, -0.2) is 191 Å². The van der Waals surface area contributed by atoms with Gasteiger partial charge in [-0.3, -0.25) is 19.5 Å². The van der Waals surface area contributed by atoms with E-state index >= 15 is 0 Å². The van der Waals surface area contributed by atoms with Crippen LogP contribution in [0.2, 0.25) is 0 Å². The molecule has 5 aliphatic rings. The summed E-state index contributed by atoms with van der Waals surface area (Å²) in [5.41, 5.74) is 14.1. The van der Waals surface area contributed by atoms with Crippen LogP contribution in [-0.2, 0) is 33.8 Å². The largest absolute Gasteiger partial charge is 0.497 e. The van der Waals surface area contributed by atoms with E-state index in [9.17, 15) is 39.0 Å². The Morgan fingerprint density at radius 2 is 0.664 bits per heavy atom. The number of allylic oxidation sites excluding steroid dienone is 1. The van der Waals surface area contributed by atoms with Crippen molar-refractivity contribution in [3.63, 3.8) is 0 Å². The summed E-state index contributed by atoms with van der Waals surface area (Å²) in [5, 5.41) is 50.7. The smallest absolute Gasteiger partial charge is 0.364 e. The zero-order valence-corrected chi connectivity index (χ0v) is 82.0. The lowest BCUT2D eigenvalue weighted by Crippen LogP contribution is -2.25. The van der Waals surface area contributed by atoms with E-state index in [-0.39, 0.29) is 84.8 Å². The molecule has 12 aromatic rings.